The van der Waals surface area contributed by atoms with Crippen LogP contribution < -0.4 is 0 Å². The maximum atomic E-state index is 5.94. The summed E-state index contributed by atoms with van der Waals surface area (Å²) in [5.74, 6) is 0.997. The Morgan fingerprint density at radius 1 is 1.00 bits per heavy atom. The van der Waals surface area contributed by atoms with Gasteiger partial charge in [-0.1, -0.05) is 49.4 Å². The van der Waals surface area contributed by atoms with Crippen LogP contribution in [0.3, 0.4) is 0 Å². The Balaban J connectivity index is 2.08. The van der Waals surface area contributed by atoms with Crippen LogP contribution in [0.15, 0.2) is 66.4 Å². The molecule has 23 heavy (non-hydrogen) atoms. The molecule has 0 bridgehead atoms. The van der Waals surface area contributed by atoms with E-state index in [0.29, 0.717) is 0 Å². The molecule has 0 fully saturated rings. The van der Waals surface area contributed by atoms with E-state index in [9.17, 15) is 0 Å². The Labute approximate surface area is 138 Å². The maximum absolute atomic E-state index is 5.94. The fraction of sp³-hybridized carbons (Fsp3) is 0.286. The lowest BCUT2D eigenvalue weighted by molar-refractivity contribution is -0.536. The van der Waals surface area contributed by atoms with Gasteiger partial charge in [0, 0.05) is 31.6 Å². The molecule has 1 aliphatic heterocycles. The zero-order valence-corrected chi connectivity index (χ0v) is 14.1. The fourth-order valence-corrected chi connectivity index (χ4v) is 3.18. The van der Waals surface area contributed by atoms with Crippen molar-refractivity contribution in [3.05, 3.63) is 66.4 Å². The third-order valence-electron chi connectivity index (χ3n) is 4.14. The first kappa shape index (κ1) is 15.5. The van der Waals surface area contributed by atoms with Gasteiger partial charge in [-0.05, 0) is 24.5 Å². The van der Waals surface area contributed by atoms with Crippen LogP contribution in [0.1, 0.15) is 33.6 Å². The van der Waals surface area contributed by atoms with E-state index in [0.717, 1.165) is 18.6 Å². The van der Waals surface area contributed by atoms with Gasteiger partial charge in [0.1, 0.15) is 5.76 Å². The average Bonchev–Trinajstić information content (AvgIpc) is 2.56. The summed E-state index contributed by atoms with van der Waals surface area (Å²) < 4.78 is 8.25. The molecule has 2 aromatic rings. The van der Waals surface area contributed by atoms with E-state index in [4.69, 9.17) is 4.74 Å². The molecule has 2 aromatic carbocycles. The van der Waals surface area contributed by atoms with Gasteiger partial charge in [0.2, 0.25) is 5.69 Å². The Morgan fingerprint density at radius 3 is 2.48 bits per heavy atom. The Hall–Kier alpha value is -2.35. The van der Waals surface area contributed by atoms with Crippen molar-refractivity contribution in [2.45, 2.75) is 39.8 Å². The van der Waals surface area contributed by atoms with Crippen LogP contribution in [0.5, 0.6) is 0 Å². The fourth-order valence-electron chi connectivity index (χ4n) is 3.18. The number of nitrogens with zero attached hydrogens (tertiary/aromatic N) is 1. The molecule has 0 aliphatic carbocycles. The third-order valence-corrected chi connectivity index (χ3v) is 4.14. The quantitative estimate of drug-likeness (QED) is 0.677. The molecule has 1 heterocycles. The van der Waals surface area contributed by atoms with E-state index in [1.54, 1.807) is 0 Å². The second-order valence-corrected chi connectivity index (χ2v) is 6.00. The van der Waals surface area contributed by atoms with Gasteiger partial charge in [-0.25, -0.2) is 0 Å². The maximum Gasteiger partial charge on any atom is 0.299 e. The van der Waals surface area contributed by atoms with Crippen molar-refractivity contribution in [3.63, 3.8) is 0 Å². The van der Waals surface area contributed by atoms with E-state index < -0.39 is 0 Å². The summed E-state index contributed by atoms with van der Waals surface area (Å²) >= 11 is 0. The van der Waals surface area contributed by atoms with Crippen LogP contribution in [0.2, 0.25) is 0 Å². The van der Waals surface area contributed by atoms with Crippen molar-refractivity contribution < 1.29 is 9.31 Å². The molecule has 3 rings (SSSR count). The van der Waals surface area contributed by atoms with Crippen molar-refractivity contribution in [1.29, 1.82) is 0 Å². The van der Waals surface area contributed by atoms with Gasteiger partial charge in [-0.15, -0.1) is 0 Å². The predicted molar refractivity (Wildman–Crippen MR) is 96.0 cm³/mol. The summed E-state index contributed by atoms with van der Waals surface area (Å²) in [6, 6.07) is 19.2. The normalized spacial score (nSPS) is 17.7. The lowest BCUT2D eigenvalue weighted by Crippen LogP contribution is -2.31. The Morgan fingerprint density at radius 2 is 1.74 bits per heavy atom. The van der Waals surface area contributed by atoms with E-state index >= 15 is 0 Å². The standard InChI is InChI=1S/C21H24NO/c1-4-9-20-14-16(2)23-17(3)22(20)21-13-8-12-19(15-21)18-10-6-5-7-11-18/h5-8,10-15,17H,4,9H2,1-3H3/q+1. The molecule has 0 amide bonds. The summed E-state index contributed by atoms with van der Waals surface area (Å²) in [6.45, 7) is 6.36. The third kappa shape index (κ3) is 3.37. The van der Waals surface area contributed by atoms with E-state index in [1.165, 1.54) is 22.5 Å². The highest BCUT2D eigenvalue weighted by molar-refractivity contribution is 5.92. The smallest absolute Gasteiger partial charge is 0.299 e. The molecule has 0 spiro atoms. The van der Waals surface area contributed by atoms with E-state index in [2.05, 4.69) is 79.1 Å². The van der Waals surface area contributed by atoms with Gasteiger partial charge in [-0.2, -0.15) is 4.58 Å². The minimum Gasteiger partial charge on any atom is -0.438 e. The molecule has 0 N–H and O–H groups in total. The molecule has 1 aliphatic rings. The Kier molecular flexibility index (Phi) is 4.61. The number of benzene rings is 2. The summed E-state index contributed by atoms with van der Waals surface area (Å²) in [5, 5.41) is 0. The highest BCUT2D eigenvalue weighted by Crippen LogP contribution is 2.27. The van der Waals surface area contributed by atoms with Gasteiger partial charge < -0.3 is 4.74 Å². The number of allylic oxidation sites excluding steroid dienone is 2. The zero-order chi connectivity index (χ0) is 16.2. The lowest BCUT2D eigenvalue weighted by atomic mass is 10.0. The molecule has 2 nitrogen and oxygen atoms in total. The Bertz CT molecular complexity index is 743. The highest BCUT2D eigenvalue weighted by atomic mass is 16.5. The largest absolute Gasteiger partial charge is 0.438 e. The van der Waals surface area contributed by atoms with Crippen LogP contribution in [0.4, 0.5) is 5.69 Å². The number of hydrogen-bond acceptors (Lipinski definition) is 1. The second-order valence-electron chi connectivity index (χ2n) is 6.00. The average molecular weight is 306 g/mol. The van der Waals surface area contributed by atoms with Crippen molar-refractivity contribution in [3.8, 4) is 11.1 Å². The lowest BCUT2D eigenvalue weighted by Gasteiger charge is -2.20. The molecule has 0 saturated heterocycles. The molecule has 0 aromatic heterocycles. The van der Waals surface area contributed by atoms with Crippen LogP contribution >= 0.6 is 0 Å². The first-order valence-electron chi connectivity index (χ1n) is 8.34. The van der Waals surface area contributed by atoms with Gasteiger partial charge in [0.25, 0.3) is 6.23 Å². The van der Waals surface area contributed by atoms with Gasteiger partial charge in [-0.3, -0.25) is 0 Å². The highest BCUT2D eigenvalue weighted by Gasteiger charge is 2.28. The van der Waals surface area contributed by atoms with Crippen LogP contribution in [0, 0.1) is 0 Å². The van der Waals surface area contributed by atoms with E-state index in [-0.39, 0.29) is 6.23 Å². The van der Waals surface area contributed by atoms with Gasteiger partial charge in [0.05, 0.1) is 0 Å². The molecular weight excluding hydrogens is 282 g/mol. The summed E-state index contributed by atoms with van der Waals surface area (Å²) in [6.07, 6.45) is 4.37. The first-order chi connectivity index (χ1) is 11.2. The SMILES string of the molecule is CCCC1=[N+](c2cccc(-c3ccccc3)c2)C(C)OC(C)=C1. The molecule has 2 heteroatoms. The molecule has 118 valence electrons. The number of hydrogen-bond donors (Lipinski definition) is 0. The molecule has 1 atom stereocenters. The van der Waals surface area contributed by atoms with Gasteiger partial charge in [0.15, 0.2) is 5.71 Å². The van der Waals surface area contributed by atoms with Crippen LogP contribution in [-0.4, -0.2) is 16.5 Å². The monoisotopic (exact) mass is 306 g/mol. The van der Waals surface area contributed by atoms with Crippen LogP contribution in [0.25, 0.3) is 11.1 Å². The number of ether oxygens (including phenoxy) is 1. The van der Waals surface area contributed by atoms with Gasteiger partial charge >= 0.3 is 0 Å². The van der Waals surface area contributed by atoms with Crippen molar-refractivity contribution >= 4 is 11.4 Å². The zero-order valence-electron chi connectivity index (χ0n) is 14.1. The van der Waals surface area contributed by atoms with Crippen molar-refractivity contribution in [2.24, 2.45) is 0 Å². The second kappa shape index (κ2) is 6.82. The van der Waals surface area contributed by atoms with Crippen molar-refractivity contribution in [1.82, 2.24) is 0 Å². The molecule has 1 unspecified atom stereocenters. The van der Waals surface area contributed by atoms with Crippen LogP contribution in [-0.2, 0) is 4.74 Å². The molecule has 0 radical (unpaired) electrons. The summed E-state index contributed by atoms with van der Waals surface area (Å²) in [4.78, 5) is 0. The number of rotatable bonds is 4. The molecular formula is C21H24NO+. The summed E-state index contributed by atoms with van der Waals surface area (Å²) in [5.41, 5.74) is 4.99. The van der Waals surface area contributed by atoms with E-state index in [1.807, 2.05) is 6.92 Å². The minimum atomic E-state index is 0.0209. The molecule has 0 saturated carbocycles. The van der Waals surface area contributed by atoms with Crippen molar-refractivity contribution in [2.75, 3.05) is 0 Å². The summed E-state index contributed by atoms with van der Waals surface area (Å²) in [7, 11) is 0. The topological polar surface area (TPSA) is 12.2 Å². The predicted octanol–water partition coefficient (Wildman–Crippen LogP) is 5.52. The first-order valence-corrected chi connectivity index (χ1v) is 8.34. The minimum absolute atomic E-state index is 0.0209.